The molecule has 0 bridgehead atoms. The summed E-state index contributed by atoms with van der Waals surface area (Å²) >= 11 is 0. The van der Waals surface area contributed by atoms with Crippen molar-refractivity contribution < 1.29 is 9.53 Å². The van der Waals surface area contributed by atoms with Gasteiger partial charge in [0, 0.05) is 18.5 Å². The van der Waals surface area contributed by atoms with Crippen molar-refractivity contribution in [3.8, 4) is 11.6 Å². The van der Waals surface area contributed by atoms with Gasteiger partial charge in [0.15, 0.2) is 0 Å². The van der Waals surface area contributed by atoms with Gasteiger partial charge in [0.1, 0.15) is 30.0 Å². The molecule has 0 spiro atoms. The topological polar surface area (TPSA) is 94.0 Å². The zero-order valence-corrected chi connectivity index (χ0v) is 13.2. The van der Waals surface area contributed by atoms with Gasteiger partial charge in [-0.3, -0.25) is 9.88 Å². The normalized spacial score (nSPS) is 10.2. The van der Waals surface area contributed by atoms with Crippen molar-refractivity contribution in [2.24, 2.45) is 0 Å². The van der Waals surface area contributed by atoms with Crippen molar-refractivity contribution in [3.05, 3.63) is 54.9 Å². The molecule has 2 amide bonds. The standard InChI is InChI=1S/C16H16N6O2/c1-11-3-4-13(24-2)12(7-11)20-16(23)21-14-8-15(19-9-18-14)22-6-5-17-10-22/h3-10H,1-2H3,(H2,18,19,20,21,23). The summed E-state index contributed by atoms with van der Waals surface area (Å²) in [5.41, 5.74) is 1.59. The van der Waals surface area contributed by atoms with Crippen LogP contribution >= 0.6 is 0 Å². The summed E-state index contributed by atoms with van der Waals surface area (Å²) in [6.45, 7) is 1.93. The maximum atomic E-state index is 12.2. The van der Waals surface area contributed by atoms with Crippen LogP contribution in [0.3, 0.4) is 0 Å². The van der Waals surface area contributed by atoms with Gasteiger partial charge in [0.25, 0.3) is 0 Å². The van der Waals surface area contributed by atoms with Crippen LogP contribution in [0.15, 0.2) is 49.3 Å². The molecule has 0 saturated heterocycles. The fraction of sp³-hybridized carbons (Fsp3) is 0.125. The summed E-state index contributed by atoms with van der Waals surface area (Å²) in [4.78, 5) is 24.3. The summed E-state index contributed by atoms with van der Waals surface area (Å²) in [6.07, 6.45) is 6.39. The molecule has 3 aromatic rings. The summed E-state index contributed by atoms with van der Waals surface area (Å²) in [5, 5.41) is 5.42. The number of ether oxygens (including phenoxy) is 1. The fourth-order valence-corrected chi connectivity index (χ4v) is 2.14. The van der Waals surface area contributed by atoms with Crippen molar-refractivity contribution in [1.82, 2.24) is 19.5 Å². The lowest BCUT2D eigenvalue weighted by atomic mass is 10.2. The number of nitrogens with zero attached hydrogens (tertiary/aromatic N) is 4. The van der Waals surface area contributed by atoms with Gasteiger partial charge in [0.2, 0.25) is 0 Å². The molecule has 0 atom stereocenters. The Morgan fingerprint density at radius 1 is 1.21 bits per heavy atom. The SMILES string of the molecule is COc1ccc(C)cc1NC(=O)Nc1cc(-n2ccnc2)ncn1. The van der Waals surface area contributed by atoms with Crippen LogP contribution in [-0.4, -0.2) is 32.7 Å². The molecule has 0 aliphatic rings. The lowest BCUT2D eigenvalue weighted by molar-refractivity contribution is 0.262. The zero-order valence-electron chi connectivity index (χ0n) is 13.2. The Hall–Kier alpha value is -3.42. The second-order valence-electron chi connectivity index (χ2n) is 5.01. The van der Waals surface area contributed by atoms with Gasteiger partial charge in [-0.25, -0.2) is 19.7 Å². The lowest BCUT2D eigenvalue weighted by Crippen LogP contribution is -2.20. The van der Waals surface area contributed by atoms with Crippen LogP contribution in [0.2, 0.25) is 0 Å². The third kappa shape index (κ3) is 3.49. The Kier molecular flexibility index (Phi) is 4.37. The van der Waals surface area contributed by atoms with E-state index >= 15 is 0 Å². The average Bonchev–Trinajstić information content (AvgIpc) is 3.10. The first-order valence-corrected chi connectivity index (χ1v) is 7.19. The summed E-state index contributed by atoms with van der Waals surface area (Å²) in [6, 6.07) is 6.76. The second kappa shape index (κ2) is 6.78. The van der Waals surface area contributed by atoms with Crippen molar-refractivity contribution in [3.63, 3.8) is 0 Å². The van der Waals surface area contributed by atoms with Crippen molar-refractivity contribution in [2.75, 3.05) is 17.7 Å². The number of methoxy groups -OCH3 is 1. The molecule has 0 fully saturated rings. The maximum absolute atomic E-state index is 12.2. The Bertz CT molecular complexity index is 848. The molecule has 2 N–H and O–H groups in total. The molecule has 1 aromatic carbocycles. The molecule has 0 aliphatic carbocycles. The molecule has 24 heavy (non-hydrogen) atoms. The minimum Gasteiger partial charge on any atom is -0.495 e. The Balaban J connectivity index is 1.74. The number of carbonyl (C=O) groups excluding carboxylic acids is 1. The van der Waals surface area contributed by atoms with E-state index < -0.39 is 6.03 Å². The van der Waals surface area contributed by atoms with Crippen LogP contribution in [0.1, 0.15) is 5.56 Å². The summed E-state index contributed by atoms with van der Waals surface area (Å²) in [5.74, 6) is 1.56. The molecule has 2 heterocycles. The van der Waals surface area contributed by atoms with Crippen LogP contribution < -0.4 is 15.4 Å². The predicted octanol–water partition coefficient (Wildman–Crippen LogP) is 2.62. The van der Waals surface area contributed by atoms with Crippen LogP contribution in [0.5, 0.6) is 5.75 Å². The number of urea groups is 1. The Morgan fingerprint density at radius 3 is 2.83 bits per heavy atom. The van der Waals surface area contributed by atoms with Gasteiger partial charge in [-0.15, -0.1) is 0 Å². The van der Waals surface area contributed by atoms with Gasteiger partial charge in [-0.05, 0) is 24.6 Å². The number of amides is 2. The smallest absolute Gasteiger partial charge is 0.324 e. The molecule has 3 rings (SSSR count). The second-order valence-corrected chi connectivity index (χ2v) is 5.01. The molecule has 0 radical (unpaired) electrons. The molecule has 8 nitrogen and oxygen atoms in total. The minimum absolute atomic E-state index is 0.373. The van der Waals surface area contributed by atoms with Crippen LogP contribution in [0.4, 0.5) is 16.3 Å². The number of aromatic nitrogens is 4. The van der Waals surface area contributed by atoms with Gasteiger partial charge >= 0.3 is 6.03 Å². The molecule has 0 aliphatic heterocycles. The van der Waals surface area contributed by atoms with Crippen molar-refractivity contribution in [2.45, 2.75) is 6.92 Å². The van der Waals surface area contributed by atoms with E-state index in [0.29, 0.717) is 23.1 Å². The number of hydrogen-bond acceptors (Lipinski definition) is 5. The molecule has 0 unspecified atom stereocenters. The van der Waals surface area contributed by atoms with Gasteiger partial charge in [-0.1, -0.05) is 6.07 Å². The highest BCUT2D eigenvalue weighted by molar-refractivity contribution is 6.00. The zero-order chi connectivity index (χ0) is 16.9. The number of hydrogen-bond donors (Lipinski definition) is 2. The van der Waals surface area contributed by atoms with Gasteiger partial charge in [0.05, 0.1) is 12.8 Å². The number of imidazole rings is 1. The van der Waals surface area contributed by atoms with Gasteiger partial charge < -0.3 is 10.1 Å². The number of anilines is 2. The highest BCUT2D eigenvalue weighted by Crippen LogP contribution is 2.25. The van der Waals surface area contributed by atoms with E-state index in [9.17, 15) is 4.79 Å². The van der Waals surface area contributed by atoms with Gasteiger partial charge in [-0.2, -0.15) is 0 Å². The Morgan fingerprint density at radius 2 is 2.08 bits per heavy atom. The Labute approximate surface area is 138 Å². The first kappa shape index (κ1) is 15.5. The van der Waals surface area contributed by atoms with Crippen LogP contribution in [-0.2, 0) is 0 Å². The molecule has 122 valence electrons. The van der Waals surface area contributed by atoms with E-state index in [4.69, 9.17) is 4.74 Å². The maximum Gasteiger partial charge on any atom is 0.324 e. The minimum atomic E-state index is -0.422. The van der Waals surface area contributed by atoms with E-state index in [2.05, 4.69) is 25.6 Å². The third-order valence-corrected chi connectivity index (χ3v) is 3.27. The van der Waals surface area contributed by atoms with Crippen LogP contribution in [0.25, 0.3) is 5.82 Å². The molecule has 8 heteroatoms. The summed E-state index contributed by atoms with van der Waals surface area (Å²) < 4.78 is 6.96. The number of carbonyl (C=O) groups is 1. The number of nitrogens with one attached hydrogen (secondary N) is 2. The average molecular weight is 324 g/mol. The van der Waals surface area contributed by atoms with E-state index in [1.54, 1.807) is 42.5 Å². The summed E-state index contributed by atoms with van der Waals surface area (Å²) in [7, 11) is 1.55. The first-order chi connectivity index (χ1) is 11.7. The highest BCUT2D eigenvalue weighted by Gasteiger charge is 2.09. The third-order valence-electron chi connectivity index (χ3n) is 3.27. The largest absolute Gasteiger partial charge is 0.495 e. The number of benzene rings is 1. The molecular weight excluding hydrogens is 308 g/mol. The van der Waals surface area contributed by atoms with E-state index in [0.717, 1.165) is 5.56 Å². The lowest BCUT2D eigenvalue weighted by Gasteiger charge is -2.12. The van der Waals surface area contributed by atoms with Crippen molar-refractivity contribution in [1.29, 1.82) is 0 Å². The molecular formula is C16H16N6O2. The van der Waals surface area contributed by atoms with Crippen molar-refractivity contribution >= 4 is 17.5 Å². The number of rotatable bonds is 4. The fourth-order valence-electron chi connectivity index (χ4n) is 2.14. The predicted molar refractivity (Wildman–Crippen MR) is 89.5 cm³/mol. The molecule has 0 saturated carbocycles. The van der Waals surface area contributed by atoms with E-state index in [1.807, 2.05) is 19.1 Å². The van der Waals surface area contributed by atoms with E-state index in [-0.39, 0.29) is 0 Å². The quantitative estimate of drug-likeness (QED) is 0.769. The first-order valence-electron chi connectivity index (χ1n) is 7.19. The highest BCUT2D eigenvalue weighted by atomic mass is 16.5. The molecule has 2 aromatic heterocycles. The van der Waals surface area contributed by atoms with E-state index in [1.165, 1.54) is 6.33 Å². The van der Waals surface area contributed by atoms with Crippen LogP contribution in [0, 0.1) is 6.92 Å². The monoisotopic (exact) mass is 324 g/mol. The number of aryl methyl sites for hydroxylation is 1.